The van der Waals surface area contributed by atoms with E-state index in [0.29, 0.717) is 11.5 Å². The predicted molar refractivity (Wildman–Crippen MR) is 98.1 cm³/mol. The zero-order chi connectivity index (χ0) is 15.6. The summed E-state index contributed by atoms with van der Waals surface area (Å²) in [5.74, 6) is 0.953. The Morgan fingerprint density at radius 3 is 2.27 bits per heavy atom. The molecule has 2 aliphatic rings. The summed E-state index contributed by atoms with van der Waals surface area (Å²) in [5.41, 5.74) is 0.524. The van der Waals surface area contributed by atoms with Crippen LogP contribution < -0.4 is 0 Å². The molecular formula is C18H33Cl2CrN-2. The van der Waals surface area contributed by atoms with Gasteiger partial charge in [-0.2, -0.15) is 0 Å². The van der Waals surface area contributed by atoms with E-state index in [4.69, 9.17) is 25.4 Å². The Morgan fingerprint density at radius 2 is 1.77 bits per heavy atom. The molecule has 0 aromatic rings. The molecule has 0 aromatic carbocycles. The number of allylic oxidation sites excluding steroid dienone is 1. The van der Waals surface area contributed by atoms with Crippen molar-refractivity contribution < 1.29 is 13.4 Å². The molecule has 0 bridgehead atoms. The topological polar surface area (TPSA) is 14.1 Å². The second kappa shape index (κ2) is 13.1. The molecule has 0 radical (unpaired) electrons. The molecule has 132 valence electrons. The summed E-state index contributed by atoms with van der Waals surface area (Å²) in [7, 11) is 9.65. The van der Waals surface area contributed by atoms with Crippen LogP contribution in [0.1, 0.15) is 71.1 Å². The van der Waals surface area contributed by atoms with E-state index in [2.05, 4.69) is 19.6 Å². The van der Waals surface area contributed by atoms with Crippen molar-refractivity contribution in [1.82, 2.24) is 0 Å². The number of hydrogen-bond acceptors (Lipinski definition) is 0. The van der Waals surface area contributed by atoms with Crippen molar-refractivity contribution in [2.75, 3.05) is 6.54 Å². The molecule has 1 saturated heterocycles. The van der Waals surface area contributed by atoms with Gasteiger partial charge in [0.2, 0.25) is 0 Å². The fraction of sp³-hybridized carbons (Fsp3) is 0.833. The molecule has 0 amide bonds. The van der Waals surface area contributed by atoms with Gasteiger partial charge in [-0.1, -0.05) is 51.5 Å². The Morgan fingerprint density at radius 1 is 1.18 bits per heavy atom. The first-order chi connectivity index (χ1) is 10.2. The van der Waals surface area contributed by atoms with Crippen LogP contribution >= 0.6 is 20.1 Å². The van der Waals surface area contributed by atoms with Gasteiger partial charge in [0, 0.05) is 0 Å². The van der Waals surface area contributed by atoms with E-state index >= 15 is 0 Å². The Kier molecular flexibility index (Phi) is 13.6. The van der Waals surface area contributed by atoms with Crippen molar-refractivity contribution in [2.45, 2.75) is 77.2 Å². The molecule has 1 heterocycles. The second-order valence-electron chi connectivity index (χ2n) is 6.78. The molecule has 2 unspecified atom stereocenters. The molecule has 1 nitrogen and oxygen atoms in total. The first kappa shape index (κ1) is 22.8. The molecule has 2 rings (SSSR count). The number of rotatable bonds is 6. The third-order valence-electron chi connectivity index (χ3n) is 5.30. The quantitative estimate of drug-likeness (QED) is 0.336. The van der Waals surface area contributed by atoms with Crippen molar-refractivity contribution in [3.05, 3.63) is 25.4 Å². The maximum atomic E-state index is 4.87. The van der Waals surface area contributed by atoms with Crippen molar-refractivity contribution in [1.29, 1.82) is 0 Å². The molecule has 1 aliphatic heterocycles. The Bertz CT molecular complexity index is 276. The minimum absolute atomic E-state index is 0. The van der Waals surface area contributed by atoms with Gasteiger partial charge >= 0.3 is 33.5 Å². The van der Waals surface area contributed by atoms with E-state index in [1.807, 2.05) is 0 Å². The van der Waals surface area contributed by atoms with Gasteiger partial charge < -0.3 is 12.7 Å². The number of hydrogen-bond donors (Lipinski definition) is 0. The molecule has 0 spiro atoms. The van der Waals surface area contributed by atoms with E-state index in [1.165, 1.54) is 64.2 Å². The van der Waals surface area contributed by atoms with Gasteiger partial charge in [-0.15, -0.1) is 19.2 Å². The van der Waals surface area contributed by atoms with Crippen molar-refractivity contribution >= 4 is 20.1 Å². The standard InChI is InChI=1S/C17H30N.CH3.2ClH.Cr/c1-3-4-12-17(2,15-9-5-6-10-15)14-16-11-7-8-13-18-16;;;;/h3,15-16H,1,4-14H2,2H3;1H3;2*1H;/q2*-1;;;+2/p-2. The summed E-state index contributed by atoms with van der Waals surface area (Å²) in [6.07, 6.45) is 15.8. The fourth-order valence-electron chi connectivity index (χ4n) is 4.09. The first-order valence-corrected chi connectivity index (χ1v) is 11.8. The average molecular weight is 386 g/mol. The number of halogens is 2. The van der Waals surface area contributed by atoms with E-state index in [0.717, 1.165) is 12.5 Å². The van der Waals surface area contributed by atoms with Crippen LogP contribution in [0.3, 0.4) is 0 Å². The van der Waals surface area contributed by atoms with Gasteiger partial charge in [0.05, 0.1) is 0 Å². The summed E-state index contributed by atoms with van der Waals surface area (Å²) in [4.78, 5) is 0. The van der Waals surface area contributed by atoms with E-state index in [1.54, 1.807) is 0 Å². The third-order valence-corrected chi connectivity index (χ3v) is 5.30. The Labute approximate surface area is 153 Å². The summed E-state index contributed by atoms with van der Waals surface area (Å²) < 4.78 is 0. The van der Waals surface area contributed by atoms with Gasteiger partial charge in [-0.3, -0.25) is 0 Å². The number of piperidine rings is 1. The van der Waals surface area contributed by atoms with E-state index in [9.17, 15) is 0 Å². The summed E-state index contributed by atoms with van der Waals surface area (Å²) in [6, 6.07) is 0.661. The SMILES string of the molecule is C=CCCC(C)(CC1CCCC[N-]1)C1CCCC1.[CH3-].[Cl][Cr][Cl]. The van der Waals surface area contributed by atoms with Gasteiger partial charge in [-0.25, -0.2) is 0 Å². The van der Waals surface area contributed by atoms with Crippen LogP contribution in [0.2, 0.25) is 0 Å². The first-order valence-electron chi connectivity index (χ1n) is 8.33. The fourth-order valence-corrected chi connectivity index (χ4v) is 4.09. The van der Waals surface area contributed by atoms with Crippen molar-refractivity contribution in [3.8, 4) is 0 Å². The molecule has 0 aromatic heterocycles. The van der Waals surface area contributed by atoms with Crippen LogP contribution in [0, 0.1) is 18.8 Å². The van der Waals surface area contributed by atoms with Gasteiger partial charge in [0.1, 0.15) is 0 Å². The van der Waals surface area contributed by atoms with Crippen molar-refractivity contribution in [2.24, 2.45) is 11.3 Å². The number of nitrogens with zero attached hydrogens (tertiary/aromatic N) is 1. The molecule has 2 fully saturated rings. The Hall–Kier alpha value is 0.812. The van der Waals surface area contributed by atoms with Crippen LogP contribution in [-0.2, 0) is 13.4 Å². The molecule has 4 heteroatoms. The average Bonchev–Trinajstić information content (AvgIpc) is 3.02. The normalized spacial score (nSPS) is 24.6. The van der Waals surface area contributed by atoms with Gasteiger partial charge in [-0.05, 0) is 37.0 Å². The monoisotopic (exact) mass is 385 g/mol. The van der Waals surface area contributed by atoms with Gasteiger partial charge in [0.25, 0.3) is 0 Å². The van der Waals surface area contributed by atoms with Crippen LogP contribution in [0.5, 0.6) is 0 Å². The van der Waals surface area contributed by atoms with E-state index in [-0.39, 0.29) is 20.8 Å². The summed E-state index contributed by atoms with van der Waals surface area (Å²) in [5, 5.41) is 4.87. The molecular weight excluding hydrogens is 353 g/mol. The van der Waals surface area contributed by atoms with Crippen LogP contribution in [0.15, 0.2) is 12.7 Å². The molecule has 0 N–H and O–H groups in total. The maximum absolute atomic E-state index is 4.87. The third kappa shape index (κ3) is 8.07. The second-order valence-corrected chi connectivity index (χ2v) is 8.89. The summed E-state index contributed by atoms with van der Waals surface area (Å²) >= 11 is -0.181. The molecule has 1 saturated carbocycles. The Balaban J connectivity index is 0.00000102. The minimum atomic E-state index is -0.181. The van der Waals surface area contributed by atoms with Crippen LogP contribution in [0.25, 0.3) is 5.32 Å². The zero-order valence-electron chi connectivity index (χ0n) is 14.3. The van der Waals surface area contributed by atoms with Gasteiger partial charge in [0.15, 0.2) is 0 Å². The van der Waals surface area contributed by atoms with Crippen LogP contribution in [-0.4, -0.2) is 12.6 Å². The summed E-state index contributed by atoms with van der Waals surface area (Å²) in [6.45, 7) is 7.57. The zero-order valence-corrected chi connectivity index (χ0v) is 17.1. The molecule has 2 atom stereocenters. The molecule has 22 heavy (non-hydrogen) atoms. The van der Waals surface area contributed by atoms with E-state index < -0.39 is 0 Å². The molecule has 1 aliphatic carbocycles. The predicted octanol–water partition coefficient (Wildman–Crippen LogP) is 7.29. The van der Waals surface area contributed by atoms with Crippen molar-refractivity contribution in [3.63, 3.8) is 0 Å². The van der Waals surface area contributed by atoms with Crippen LogP contribution in [0.4, 0.5) is 0 Å².